The van der Waals surface area contributed by atoms with Gasteiger partial charge in [-0.1, -0.05) is 23.7 Å². The number of hydrogen-bond donors (Lipinski definition) is 1. The van der Waals surface area contributed by atoms with Crippen LogP contribution < -0.4 is 10.5 Å². The van der Waals surface area contributed by atoms with Gasteiger partial charge in [0.15, 0.2) is 10.9 Å². The molecule has 1 saturated carbocycles. The average molecular weight is 446 g/mol. The third-order valence-electron chi connectivity index (χ3n) is 5.26. The van der Waals surface area contributed by atoms with E-state index in [1.807, 2.05) is 0 Å². The van der Waals surface area contributed by atoms with E-state index in [-0.39, 0.29) is 23.0 Å². The van der Waals surface area contributed by atoms with Crippen LogP contribution >= 0.6 is 11.6 Å². The van der Waals surface area contributed by atoms with Gasteiger partial charge in [-0.3, -0.25) is 0 Å². The molecule has 0 radical (unpaired) electrons. The normalized spacial score (nSPS) is 18.5. The van der Waals surface area contributed by atoms with Crippen molar-refractivity contribution in [2.75, 3.05) is 6.61 Å². The van der Waals surface area contributed by atoms with E-state index in [1.165, 1.54) is 17.1 Å². The Morgan fingerprint density at radius 1 is 1.23 bits per heavy atom. The van der Waals surface area contributed by atoms with Gasteiger partial charge in [0.05, 0.1) is 12.8 Å². The summed E-state index contributed by atoms with van der Waals surface area (Å²) in [6.07, 6.45) is 6.84. The van der Waals surface area contributed by atoms with Gasteiger partial charge in [0.2, 0.25) is 0 Å². The molecule has 0 aliphatic heterocycles. The molecule has 0 saturated heterocycles. The van der Waals surface area contributed by atoms with Crippen LogP contribution in [0.4, 0.5) is 9.18 Å². The van der Waals surface area contributed by atoms with Crippen molar-refractivity contribution in [3.8, 4) is 22.7 Å². The zero-order chi connectivity index (χ0) is 21.8. The number of para-hydroxylation sites is 1. The van der Waals surface area contributed by atoms with Crippen molar-refractivity contribution in [3.63, 3.8) is 0 Å². The van der Waals surface area contributed by atoms with Crippen LogP contribution in [0.15, 0.2) is 43.0 Å². The number of halogens is 2. The lowest BCUT2D eigenvalue weighted by Gasteiger charge is -2.27. The van der Waals surface area contributed by atoms with Crippen LogP contribution in [0.25, 0.3) is 16.9 Å². The SMILES string of the molecule is NC(=O)O[C@H]1CC[C@@H](COc2c(Cl)ncnc2-c2cnn(-c3ccccc3F)c2)CC1. The molecule has 31 heavy (non-hydrogen) atoms. The fourth-order valence-electron chi connectivity index (χ4n) is 3.68. The Bertz CT molecular complexity index is 1070. The van der Waals surface area contributed by atoms with Crippen LogP contribution in [0.3, 0.4) is 0 Å². The molecule has 2 heterocycles. The van der Waals surface area contributed by atoms with Gasteiger partial charge in [0.25, 0.3) is 0 Å². The molecule has 1 aliphatic carbocycles. The Labute approximate surface area is 183 Å². The number of nitrogens with zero attached hydrogens (tertiary/aromatic N) is 4. The number of nitrogens with two attached hydrogens (primary N) is 1. The lowest BCUT2D eigenvalue weighted by atomic mass is 9.88. The number of primary amides is 1. The summed E-state index contributed by atoms with van der Waals surface area (Å²) in [6.45, 7) is 0.421. The van der Waals surface area contributed by atoms with E-state index in [4.69, 9.17) is 26.8 Å². The van der Waals surface area contributed by atoms with E-state index in [9.17, 15) is 9.18 Å². The largest absolute Gasteiger partial charge is 0.488 e. The fourth-order valence-corrected chi connectivity index (χ4v) is 3.87. The summed E-state index contributed by atoms with van der Waals surface area (Å²) in [6, 6.07) is 6.36. The molecule has 0 unspecified atom stereocenters. The molecule has 1 fully saturated rings. The van der Waals surface area contributed by atoms with Gasteiger partial charge in [-0.05, 0) is 43.7 Å². The molecule has 1 aliphatic rings. The Balaban J connectivity index is 1.48. The summed E-state index contributed by atoms with van der Waals surface area (Å²) >= 11 is 6.29. The molecule has 8 nitrogen and oxygen atoms in total. The number of benzene rings is 1. The van der Waals surface area contributed by atoms with Crippen molar-refractivity contribution in [3.05, 3.63) is 54.0 Å². The quantitative estimate of drug-likeness (QED) is 0.571. The second-order valence-corrected chi connectivity index (χ2v) is 7.72. The molecule has 162 valence electrons. The maximum Gasteiger partial charge on any atom is 0.404 e. The van der Waals surface area contributed by atoms with Crippen LogP contribution in [-0.4, -0.2) is 38.6 Å². The highest BCUT2D eigenvalue weighted by atomic mass is 35.5. The Morgan fingerprint density at radius 2 is 2.00 bits per heavy atom. The van der Waals surface area contributed by atoms with Crippen molar-refractivity contribution < 1.29 is 18.7 Å². The van der Waals surface area contributed by atoms with Crippen molar-refractivity contribution in [1.29, 1.82) is 0 Å². The highest BCUT2D eigenvalue weighted by Gasteiger charge is 2.25. The number of rotatable bonds is 6. The van der Waals surface area contributed by atoms with Gasteiger partial charge in [-0.25, -0.2) is 23.8 Å². The summed E-state index contributed by atoms with van der Waals surface area (Å²) in [5.74, 6) is 0.246. The van der Waals surface area contributed by atoms with E-state index < -0.39 is 6.09 Å². The van der Waals surface area contributed by atoms with Crippen LogP contribution in [0.2, 0.25) is 5.15 Å². The van der Waals surface area contributed by atoms with Gasteiger partial charge in [0, 0.05) is 11.8 Å². The number of carbonyl (C=O) groups excluding carboxylic acids is 1. The Morgan fingerprint density at radius 3 is 2.74 bits per heavy atom. The Hall–Kier alpha value is -3.20. The molecule has 3 aromatic rings. The van der Waals surface area contributed by atoms with Gasteiger partial charge >= 0.3 is 6.09 Å². The maximum atomic E-state index is 14.1. The van der Waals surface area contributed by atoms with E-state index >= 15 is 0 Å². The topological polar surface area (TPSA) is 105 Å². The van der Waals surface area contributed by atoms with E-state index in [0.29, 0.717) is 29.3 Å². The van der Waals surface area contributed by atoms with Crippen molar-refractivity contribution in [2.24, 2.45) is 11.7 Å². The average Bonchev–Trinajstić information content (AvgIpc) is 3.23. The molecule has 0 atom stereocenters. The molecule has 1 aromatic carbocycles. The summed E-state index contributed by atoms with van der Waals surface area (Å²) in [4.78, 5) is 19.2. The highest BCUT2D eigenvalue weighted by Crippen LogP contribution is 2.35. The molecular weight excluding hydrogens is 425 g/mol. The number of carbonyl (C=O) groups is 1. The predicted molar refractivity (Wildman–Crippen MR) is 111 cm³/mol. The van der Waals surface area contributed by atoms with Crippen LogP contribution in [0.1, 0.15) is 25.7 Å². The van der Waals surface area contributed by atoms with Gasteiger partial charge in [-0.2, -0.15) is 5.10 Å². The number of hydrogen-bond acceptors (Lipinski definition) is 6. The lowest BCUT2D eigenvalue weighted by molar-refractivity contribution is 0.0627. The van der Waals surface area contributed by atoms with Crippen molar-refractivity contribution in [2.45, 2.75) is 31.8 Å². The molecule has 1 amide bonds. The second kappa shape index (κ2) is 9.30. The summed E-state index contributed by atoms with van der Waals surface area (Å²) < 4.78 is 26.6. The van der Waals surface area contributed by atoms with E-state index in [1.54, 1.807) is 30.6 Å². The van der Waals surface area contributed by atoms with Crippen LogP contribution in [0.5, 0.6) is 5.75 Å². The smallest absolute Gasteiger partial charge is 0.404 e. The minimum atomic E-state index is -0.742. The first-order valence-corrected chi connectivity index (χ1v) is 10.3. The first kappa shape index (κ1) is 21.0. The zero-order valence-electron chi connectivity index (χ0n) is 16.6. The summed E-state index contributed by atoms with van der Waals surface area (Å²) in [5.41, 5.74) is 6.52. The molecule has 2 aromatic heterocycles. The monoisotopic (exact) mass is 445 g/mol. The predicted octanol–water partition coefficient (Wildman–Crippen LogP) is 4.15. The number of aromatic nitrogens is 4. The number of ether oxygens (including phenoxy) is 2. The zero-order valence-corrected chi connectivity index (χ0v) is 17.3. The number of amides is 1. The third kappa shape index (κ3) is 4.93. The first-order chi connectivity index (χ1) is 15.0. The van der Waals surface area contributed by atoms with Gasteiger partial charge < -0.3 is 15.2 Å². The standard InChI is InChI=1S/C21H21ClFN5O3/c22-20-19(30-11-13-5-7-15(8-6-13)31-21(24)29)18(25-12-26-20)14-9-27-28(10-14)17-4-2-1-3-16(17)23/h1-4,9-10,12-13,15H,5-8,11H2,(H2,24,29)/t13-,15+. The van der Waals surface area contributed by atoms with E-state index in [2.05, 4.69) is 15.1 Å². The van der Waals surface area contributed by atoms with Crippen LogP contribution in [-0.2, 0) is 4.74 Å². The van der Waals surface area contributed by atoms with Crippen molar-refractivity contribution in [1.82, 2.24) is 19.7 Å². The second-order valence-electron chi connectivity index (χ2n) is 7.36. The maximum absolute atomic E-state index is 14.1. The summed E-state index contributed by atoms with van der Waals surface area (Å²) in [7, 11) is 0. The molecule has 2 N–H and O–H groups in total. The molecule has 10 heteroatoms. The molecule has 0 spiro atoms. The van der Waals surface area contributed by atoms with E-state index in [0.717, 1.165) is 25.7 Å². The van der Waals surface area contributed by atoms with Crippen LogP contribution in [0, 0.1) is 11.7 Å². The third-order valence-corrected chi connectivity index (χ3v) is 5.52. The fraction of sp³-hybridized carbons (Fsp3) is 0.333. The van der Waals surface area contributed by atoms with Gasteiger partial charge in [-0.15, -0.1) is 0 Å². The Kier molecular flexibility index (Phi) is 6.31. The summed E-state index contributed by atoms with van der Waals surface area (Å²) in [5, 5.41) is 4.43. The molecule has 4 rings (SSSR count). The highest BCUT2D eigenvalue weighted by molar-refractivity contribution is 6.31. The lowest BCUT2D eigenvalue weighted by Crippen LogP contribution is -2.29. The minimum absolute atomic E-state index is 0.142. The van der Waals surface area contributed by atoms with Gasteiger partial charge in [0.1, 0.15) is 29.6 Å². The van der Waals surface area contributed by atoms with Crippen molar-refractivity contribution >= 4 is 17.7 Å². The minimum Gasteiger partial charge on any atom is -0.488 e. The molecule has 0 bridgehead atoms. The molecular formula is C21H21ClFN5O3. The first-order valence-electron chi connectivity index (χ1n) is 9.90.